The Morgan fingerprint density at radius 2 is 2.27 bits per heavy atom. The minimum atomic E-state index is -0.346. The molecule has 0 fully saturated rings. The number of halogens is 1. The van der Waals surface area contributed by atoms with E-state index in [1.54, 1.807) is 19.1 Å². The van der Waals surface area contributed by atoms with Crippen LogP contribution in [0.15, 0.2) is 24.4 Å². The Morgan fingerprint density at radius 3 is 2.87 bits per heavy atom. The van der Waals surface area contributed by atoms with Crippen LogP contribution in [0.2, 0.25) is 0 Å². The van der Waals surface area contributed by atoms with Crippen molar-refractivity contribution in [2.45, 2.75) is 6.92 Å². The van der Waals surface area contributed by atoms with Crippen LogP contribution in [0.5, 0.6) is 0 Å². The average Bonchev–Trinajstić information content (AvgIpc) is 2.66. The quantitative estimate of drug-likeness (QED) is 0.763. The molecule has 4 heteroatoms. The summed E-state index contributed by atoms with van der Waals surface area (Å²) >= 11 is 0. The van der Waals surface area contributed by atoms with E-state index in [0.717, 1.165) is 5.56 Å². The Hall–Kier alpha value is -1.97. The minimum absolute atomic E-state index is 0.340. The van der Waals surface area contributed by atoms with Crippen LogP contribution in [0.25, 0.3) is 11.4 Å². The van der Waals surface area contributed by atoms with Gasteiger partial charge in [0.15, 0.2) is 6.29 Å². The molecular weight excluding hydrogens is 195 g/mol. The van der Waals surface area contributed by atoms with Gasteiger partial charge in [0.05, 0.1) is 17.5 Å². The number of carbonyl (C=O) groups excluding carboxylic acids is 1. The molecule has 0 saturated heterocycles. The Balaban J connectivity index is 2.58. The van der Waals surface area contributed by atoms with E-state index in [4.69, 9.17) is 0 Å². The van der Waals surface area contributed by atoms with Gasteiger partial charge in [0.2, 0.25) is 0 Å². The molecule has 0 amide bonds. The van der Waals surface area contributed by atoms with Gasteiger partial charge in [-0.05, 0) is 18.6 Å². The summed E-state index contributed by atoms with van der Waals surface area (Å²) in [4.78, 5) is 17.1. The number of benzene rings is 1. The second-order valence-corrected chi connectivity index (χ2v) is 3.24. The van der Waals surface area contributed by atoms with Crippen molar-refractivity contribution in [2.24, 2.45) is 0 Å². The number of rotatable bonds is 2. The molecule has 0 unspecified atom stereocenters. The first kappa shape index (κ1) is 9.58. The molecule has 1 aromatic carbocycles. The predicted octanol–water partition coefficient (Wildman–Crippen LogP) is 2.34. The minimum Gasteiger partial charge on any atom is -0.336 e. The number of aromatic amines is 1. The van der Waals surface area contributed by atoms with Gasteiger partial charge in [-0.2, -0.15) is 0 Å². The summed E-state index contributed by atoms with van der Waals surface area (Å²) in [6.07, 6.45) is 2.03. The van der Waals surface area contributed by atoms with E-state index in [9.17, 15) is 9.18 Å². The topological polar surface area (TPSA) is 45.8 Å². The molecule has 76 valence electrons. The smallest absolute Gasteiger partial charge is 0.167 e. The van der Waals surface area contributed by atoms with Crippen molar-refractivity contribution in [1.29, 1.82) is 0 Å². The first-order chi connectivity index (χ1) is 7.22. The zero-order chi connectivity index (χ0) is 10.8. The molecule has 0 saturated carbocycles. The number of imidazole rings is 1. The van der Waals surface area contributed by atoms with Crippen molar-refractivity contribution >= 4 is 6.29 Å². The molecule has 0 aliphatic carbocycles. The molecule has 2 rings (SSSR count). The lowest BCUT2D eigenvalue weighted by atomic mass is 10.1. The van der Waals surface area contributed by atoms with Crippen molar-refractivity contribution < 1.29 is 9.18 Å². The number of H-pyrrole nitrogens is 1. The summed E-state index contributed by atoms with van der Waals surface area (Å²) < 4.78 is 13.5. The number of aryl methyl sites for hydroxylation is 1. The molecule has 3 nitrogen and oxygen atoms in total. The Morgan fingerprint density at radius 1 is 1.47 bits per heavy atom. The fourth-order valence-corrected chi connectivity index (χ4v) is 1.45. The van der Waals surface area contributed by atoms with Crippen molar-refractivity contribution in [2.75, 3.05) is 0 Å². The zero-order valence-corrected chi connectivity index (χ0v) is 8.12. The lowest BCUT2D eigenvalue weighted by Gasteiger charge is -2.02. The number of hydrogen-bond donors (Lipinski definition) is 1. The number of nitrogens with zero attached hydrogens (tertiary/aromatic N) is 1. The van der Waals surface area contributed by atoms with E-state index < -0.39 is 0 Å². The molecule has 0 spiro atoms. The highest BCUT2D eigenvalue weighted by Gasteiger charge is 2.10. The van der Waals surface area contributed by atoms with Crippen LogP contribution in [0.3, 0.4) is 0 Å². The summed E-state index contributed by atoms with van der Waals surface area (Å²) in [5.41, 5.74) is 1.53. The molecule has 15 heavy (non-hydrogen) atoms. The molecule has 0 atom stereocenters. The maximum absolute atomic E-state index is 13.5. The number of carbonyl (C=O) groups is 1. The van der Waals surface area contributed by atoms with Gasteiger partial charge in [-0.25, -0.2) is 9.37 Å². The summed E-state index contributed by atoms with van der Waals surface area (Å²) in [6, 6.07) is 4.80. The standard InChI is InChI=1S/C11H9FN2O/c1-7-3-2-4-9(12)10(7)11-13-5-8(6-15)14-11/h2-6H,1H3,(H,13,14). The highest BCUT2D eigenvalue weighted by molar-refractivity contribution is 5.73. The van der Waals surface area contributed by atoms with Crippen LogP contribution in [-0.4, -0.2) is 16.3 Å². The summed E-state index contributed by atoms with van der Waals surface area (Å²) in [6.45, 7) is 1.79. The zero-order valence-electron chi connectivity index (χ0n) is 8.12. The van der Waals surface area contributed by atoms with E-state index in [-0.39, 0.29) is 5.82 Å². The molecule has 1 heterocycles. The van der Waals surface area contributed by atoms with Gasteiger partial charge in [-0.15, -0.1) is 0 Å². The fraction of sp³-hybridized carbons (Fsp3) is 0.0909. The van der Waals surface area contributed by atoms with E-state index in [1.165, 1.54) is 12.3 Å². The Bertz CT molecular complexity index is 485. The Labute approximate surface area is 86.0 Å². The summed E-state index contributed by atoms with van der Waals surface area (Å²) in [5.74, 6) is 0.0366. The van der Waals surface area contributed by atoms with Crippen LogP contribution in [0.4, 0.5) is 4.39 Å². The molecule has 0 bridgehead atoms. The van der Waals surface area contributed by atoms with Crippen molar-refractivity contribution in [1.82, 2.24) is 9.97 Å². The molecule has 1 aromatic heterocycles. The lowest BCUT2D eigenvalue weighted by Crippen LogP contribution is -1.90. The second kappa shape index (κ2) is 3.65. The van der Waals surface area contributed by atoms with Gasteiger partial charge in [0.25, 0.3) is 0 Å². The SMILES string of the molecule is Cc1cccc(F)c1-c1ncc(C=O)[nH]1. The number of aromatic nitrogens is 2. The number of hydrogen-bond acceptors (Lipinski definition) is 2. The van der Waals surface area contributed by atoms with Crippen LogP contribution in [0, 0.1) is 12.7 Å². The van der Waals surface area contributed by atoms with E-state index in [1.807, 2.05) is 0 Å². The fourth-order valence-electron chi connectivity index (χ4n) is 1.45. The summed E-state index contributed by atoms with van der Waals surface area (Å²) in [5, 5.41) is 0. The normalized spacial score (nSPS) is 10.3. The highest BCUT2D eigenvalue weighted by atomic mass is 19.1. The van der Waals surface area contributed by atoms with E-state index in [2.05, 4.69) is 9.97 Å². The second-order valence-electron chi connectivity index (χ2n) is 3.24. The first-order valence-corrected chi connectivity index (χ1v) is 4.48. The predicted molar refractivity (Wildman–Crippen MR) is 54.1 cm³/mol. The maximum atomic E-state index is 13.5. The monoisotopic (exact) mass is 204 g/mol. The molecule has 1 N–H and O–H groups in total. The number of aldehydes is 1. The van der Waals surface area contributed by atoms with Gasteiger partial charge in [-0.1, -0.05) is 12.1 Å². The largest absolute Gasteiger partial charge is 0.336 e. The van der Waals surface area contributed by atoms with Gasteiger partial charge < -0.3 is 4.98 Å². The van der Waals surface area contributed by atoms with Gasteiger partial charge in [-0.3, -0.25) is 4.79 Å². The van der Waals surface area contributed by atoms with Gasteiger partial charge in [0, 0.05) is 0 Å². The van der Waals surface area contributed by atoms with Crippen molar-refractivity contribution in [3.05, 3.63) is 41.5 Å². The van der Waals surface area contributed by atoms with Crippen molar-refractivity contribution in [3.8, 4) is 11.4 Å². The van der Waals surface area contributed by atoms with E-state index in [0.29, 0.717) is 23.4 Å². The molecular formula is C11H9FN2O. The molecule has 0 aliphatic heterocycles. The summed E-state index contributed by atoms with van der Waals surface area (Å²) in [7, 11) is 0. The third-order valence-electron chi connectivity index (χ3n) is 2.18. The molecule has 0 radical (unpaired) electrons. The lowest BCUT2D eigenvalue weighted by molar-refractivity contribution is 0.111. The maximum Gasteiger partial charge on any atom is 0.167 e. The van der Waals surface area contributed by atoms with Crippen LogP contribution in [-0.2, 0) is 0 Å². The van der Waals surface area contributed by atoms with Crippen molar-refractivity contribution in [3.63, 3.8) is 0 Å². The van der Waals surface area contributed by atoms with Crippen LogP contribution >= 0.6 is 0 Å². The van der Waals surface area contributed by atoms with Crippen LogP contribution in [0.1, 0.15) is 16.1 Å². The highest BCUT2D eigenvalue weighted by Crippen LogP contribution is 2.23. The van der Waals surface area contributed by atoms with Crippen LogP contribution < -0.4 is 0 Å². The van der Waals surface area contributed by atoms with Gasteiger partial charge >= 0.3 is 0 Å². The average molecular weight is 204 g/mol. The third-order valence-corrected chi connectivity index (χ3v) is 2.18. The Kier molecular flexibility index (Phi) is 2.33. The third kappa shape index (κ3) is 1.66. The molecule has 0 aliphatic rings. The van der Waals surface area contributed by atoms with Gasteiger partial charge in [0.1, 0.15) is 11.6 Å². The first-order valence-electron chi connectivity index (χ1n) is 4.48. The molecule has 2 aromatic rings. The number of nitrogens with one attached hydrogen (secondary N) is 1. The van der Waals surface area contributed by atoms with E-state index >= 15 is 0 Å².